The molecule has 7 nitrogen and oxygen atoms in total. The maximum atomic E-state index is 11.9. The zero-order valence-electron chi connectivity index (χ0n) is 14.4. The fraction of sp³-hybridized carbons (Fsp3) is 0.278. The van der Waals surface area contributed by atoms with Crippen molar-refractivity contribution in [3.8, 4) is 17.7 Å². The lowest BCUT2D eigenvalue weighted by Gasteiger charge is -2.10. The smallest absolute Gasteiger partial charge is 0.348 e. The summed E-state index contributed by atoms with van der Waals surface area (Å²) in [5.74, 6) is 0.0478. The van der Waals surface area contributed by atoms with E-state index in [9.17, 15) is 10.1 Å². The van der Waals surface area contributed by atoms with Gasteiger partial charge in [0, 0.05) is 6.20 Å². The number of aromatic nitrogens is 2. The fourth-order valence-corrected chi connectivity index (χ4v) is 2.17. The Kier molecular flexibility index (Phi) is 5.79. The Morgan fingerprint density at radius 3 is 2.88 bits per heavy atom. The van der Waals surface area contributed by atoms with Gasteiger partial charge < -0.3 is 14.2 Å². The number of carbonyl (C=O) groups is 1. The van der Waals surface area contributed by atoms with E-state index < -0.39 is 5.97 Å². The highest BCUT2D eigenvalue weighted by atomic mass is 16.5. The van der Waals surface area contributed by atoms with Crippen molar-refractivity contribution in [2.45, 2.75) is 26.9 Å². The van der Waals surface area contributed by atoms with Gasteiger partial charge in [-0.3, -0.25) is 4.40 Å². The molecule has 0 fully saturated rings. The second-order valence-corrected chi connectivity index (χ2v) is 5.21. The summed E-state index contributed by atoms with van der Waals surface area (Å²) in [4.78, 5) is 16.3. The Morgan fingerprint density at radius 2 is 2.28 bits per heavy atom. The van der Waals surface area contributed by atoms with Crippen LogP contribution in [0.1, 0.15) is 26.5 Å². The van der Waals surface area contributed by atoms with Gasteiger partial charge in [0.05, 0.1) is 19.0 Å². The number of pyridine rings is 1. The molecule has 130 valence electrons. The summed E-state index contributed by atoms with van der Waals surface area (Å²) in [6.07, 6.45) is 4.28. The fourth-order valence-electron chi connectivity index (χ4n) is 2.17. The second-order valence-electron chi connectivity index (χ2n) is 5.21. The number of imidazole rings is 1. The SMILES string of the molecule is C=COc1nc2c(OC(C)C)cccn2c1C=C(C#N)C(=O)OCC. The summed E-state index contributed by atoms with van der Waals surface area (Å²) < 4.78 is 17.6. The van der Waals surface area contributed by atoms with Crippen molar-refractivity contribution in [1.82, 2.24) is 9.38 Å². The van der Waals surface area contributed by atoms with Gasteiger partial charge in [0.2, 0.25) is 5.88 Å². The first-order valence-electron chi connectivity index (χ1n) is 7.76. The van der Waals surface area contributed by atoms with Crippen molar-refractivity contribution in [2.24, 2.45) is 0 Å². The van der Waals surface area contributed by atoms with E-state index in [1.54, 1.807) is 29.7 Å². The van der Waals surface area contributed by atoms with Crippen molar-refractivity contribution < 1.29 is 19.0 Å². The van der Waals surface area contributed by atoms with E-state index >= 15 is 0 Å². The predicted molar refractivity (Wildman–Crippen MR) is 92.0 cm³/mol. The van der Waals surface area contributed by atoms with Crippen LogP contribution >= 0.6 is 0 Å². The summed E-state index contributed by atoms with van der Waals surface area (Å²) in [7, 11) is 0. The minimum Gasteiger partial charge on any atom is -0.487 e. The first kappa shape index (κ1) is 18.1. The van der Waals surface area contributed by atoms with Crippen LogP contribution in [0.5, 0.6) is 11.6 Å². The van der Waals surface area contributed by atoms with Crippen LogP contribution < -0.4 is 9.47 Å². The molecular weight excluding hydrogens is 322 g/mol. The number of ether oxygens (including phenoxy) is 3. The van der Waals surface area contributed by atoms with Crippen LogP contribution in [0.25, 0.3) is 11.7 Å². The number of fused-ring (bicyclic) bond motifs is 1. The van der Waals surface area contributed by atoms with Gasteiger partial charge >= 0.3 is 5.97 Å². The lowest BCUT2D eigenvalue weighted by Crippen LogP contribution is -2.07. The number of nitrogens with zero attached hydrogens (tertiary/aromatic N) is 3. The molecule has 0 spiro atoms. The average Bonchev–Trinajstić information content (AvgIpc) is 2.91. The molecule has 2 heterocycles. The van der Waals surface area contributed by atoms with E-state index in [0.29, 0.717) is 17.1 Å². The quantitative estimate of drug-likeness (QED) is 0.333. The van der Waals surface area contributed by atoms with E-state index in [0.717, 1.165) is 0 Å². The van der Waals surface area contributed by atoms with Gasteiger partial charge in [-0.1, -0.05) is 6.58 Å². The molecule has 7 heteroatoms. The van der Waals surface area contributed by atoms with Crippen LogP contribution in [0, 0.1) is 11.3 Å². The highest BCUT2D eigenvalue weighted by Crippen LogP contribution is 2.29. The third kappa shape index (κ3) is 3.98. The monoisotopic (exact) mass is 341 g/mol. The number of rotatable bonds is 7. The van der Waals surface area contributed by atoms with Crippen LogP contribution in [-0.4, -0.2) is 28.1 Å². The van der Waals surface area contributed by atoms with E-state index in [-0.39, 0.29) is 24.2 Å². The van der Waals surface area contributed by atoms with Crippen LogP contribution in [-0.2, 0) is 9.53 Å². The van der Waals surface area contributed by atoms with Gasteiger partial charge in [-0.05, 0) is 39.0 Å². The number of nitriles is 1. The third-order valence-electron chi connectivity index (χ3n) is 3.07. The van der Waals surface area contributed by atoms with Crippen molar-refractivity contribution in [3.05, 3.63) is 42.4 Å². The zero-order chi connectivity index (χ0) is 18.4. The first-order chi connectivity index (χ1) is 12.0. The molecule has 0 saturated heterocycles. The molecule has 2 aromatic heterocycles. The van der Waals surface area contributed by atoms with Crippen molar-refractivity contribution in [3.63, 3.8) is 0 Å². The Bertz CT molecular complexity index is 859. The molecule has 0 saturated carbocycles. The molecule has 0 atom stereocenters. The van der Waals surface area contributed by atoms with Gasteiger partial charge in [0.15, 0.2) is 11.4 Å². The minimum atomic E-state index is -0.709. The molecule has 25 heavy (non-hydrogen) atoms. The largest absolute Gasteiger partial charge is 0.487 e. The van der Waals surface area contributed by atoms with Crippen LogP contribution in [0.3, 0.4) is 0 Å². The maximum Gasteiger partial charge on any atom is 0.348 e. The van der Waals surface area contributed by atoms with E-state index in [4.69, 9.17) is 14.2 Å². The number of hydrogen-bond acceptors (Lipinski definition) is 6. The second kappa shape index (κ2) is 8.02. The first-order valence-corrected chi connectivity index (χ1v) is 7.76. The van der Waals surface area contributed by atoms with Crippen LogP contribution in [0.15, 0.2) is 36.7 Å². The van der Waals surface area contributed by atoms with Crippen molar-refractivity contribution in [2.75, 3.05) is 6.61 Å². The van der Waals surface area contributed by atoms with Gasteiger partial charge in [0.1, 0.15) is 17.3 Å². The van der Waals surface area contributed by atoms with E-state index in [1.807, 2.05) is 19.9 Å². The topological polar surface area (TPSA) is 85.9 Å². The van der Waals surface area contributed by atoms with Gasteiger partial charge in [-0.2, -0.15) is 10.2 Å². The Balaban J connectivity index is 2.65. The molecule has 0 N–H and O–H groups in total. The predicted octanol–water partition coefficient (Wildman–Crippen LogP) is 3.11. The third-order valence-corrected chi connectivity index (χ3v) is 3.07. The minimum absolute atomic E-state index is 0.0418. The van der Waals surface area contributed by atoms with Gasteiger partial charge in [-0.25, -0.2) is 4.79 Å². The summed E-state index contributed by atoms with van der Waals surface area (Å²) in [5.41, 5.74) is 0.752. The summed E-state index contributed by atoms with van der Waals surface area (Å²) >= 11 is 0. The molecule has 0 radical (unpaired) electrons. The molecule has 0 aromatic carbocycles. The van der Waals surface area contributed by atoms with E-state index in [1.165, 1.54) is 12.3 Å². The van der Waals surface area contributed by atoms with Crippen LogP contribution in [0.4, 0.5) is 0 Å². The molecule has 0 aliphatic rings. The summed E-state index contributed by atoms with van der Waals surface area (Å²) in [5, 5.41) is 9.25. The number of esters is 1. The lowest BCUT2D eigenvalue weighted by molar-refractivity contribution is -0.137. The van der Waals surface area contributed by atoms with Gasteiger partial charge in [-0.15, -0.1) is 0 Å². The lowest BCUT2D eigenvalue weighted by atomic mass is 10.2. The highest BCUT2D eigenvalue weighted by molar-refractivity contribution is 5.98. The Hall–Kier alpha value is -3.27. The normalized spacial score (nSPS) is 11.2. The van der Waals surface area contributed by atoms with Crippen molar-refractivity contribution >= 4 is 17.7 Å². The molecular formula is C18H19N3O4. The molecule has 0 bridgehead atoms. The van der Waals surface area contributed by atoms with E-state index in [2.05, 4.69) is 11.6 Å². The van der Waals surface area contributed by atoms with Gasteiger partial charge in [0.25, 0.3) is 0 Å². The summed E-state index contributed by atoms with van der Waals surface area (Å²) in [6.45, 7) is 9.18. The summed E-state index contributed by atoms with van der Waals surface area (Å²) in [6, 6.07) is 5.40. The molecule has 0 aliphatic heterocycles. The van der Waals surface area contributed by atoms with Crippen molar-refractivity contribution in [1.29, 1.82) is 5.26 Å². The number of carbonyl (C=O) groups excluding carboxylic acids is 1. The molecule has 0 aliphatic carbocycles. The highest BCUT2D eigenvalue weighted by Gasteiger charge is 2.18. The molecule has 0 unspecified atom stereocenters. The Labute approximate surface area is 145 Å². The number of hydrogen-bond donors (Lipinski definition) is 0. The maximum absolute atomic E-state index is 11.9. The van der Waals surface area contributed by atoms with Crippen LogP contribution in [0.2, 0.25) is 0 Å². The average molecular weight is 341 g/mol. The molecule has 2 rings (SSSR count). The standard InChI is InChI=1S/C18H19N3O4/c1-5-23-17-14(10-13(11-19)18(22)24-6-2)21-9-7-8-15(16(21)20-17)25-12(3)4/h5,7-10,12H,1,6H2,2-4H3. The molecule has 2 aromatic rings. The zero-order valence-corrected chi connectivity index (χ0v) is 14.4. The molecule has 0 amide bonds. The Morgan fingerprint density at radius 1 is 1.52 bits per heavy atom.